The molecule has 0 spiro atoms. The second-order valence-electron chi connectivity index (χ2n) is 11.5. The van der Waals surface area contributed by atoms with Gasteiger partial charge >= 0.3 is 11.9 Å². The van der Waals surface area contributed by atoms with Crippen molar-refractivity contribution in [3.8, 4) is 0 Å². The second kappa shape index (κ2) is 25.3. The molecule has 0 fully saturated rings. The van der Waals surface area contributed by atoms with Crippen LogP contribution >= 0.6 is 0 Å². The van der Waals surface area contributed by atoms with Crippen molar-refractivity contribution in [1.82, 2.24) is 9.80 Å². The van der Waals surface area contributed by atoms with Gasteiger partial charge in [-0.05, 0) is 65.1 Å². The molecule has 230 valence electrons. The first kappa shape index (κ1) is 37.4. The van der Waals surface area contributed by atoms with E-state index in [1.54, 1.807) is 0 Å². The summed E-state index contributed by atoms with van der Waals surface area (Å²) >= 11 is 0. The standard InChI is InChI=1S/C32H62N2O5/c1-7-9-10-11-16-22-30(35)34(26-19-25-33(4)5)29(20-14-12-17-23-31(36)38-6)21-15-13-18-24-32(37)39-27-28(3)8-2/h28-29H,7-27H2,1-6H3. The van der Waals surface area contributed by atoms with E-state index in [9.17, 15) is 14.4 Å². The van der Waals surface area contributed by atoms with Crippen molar-refractivity contribution < 1.29 is 23.9 Å². The number of ether oxygens (including phenoxy) is 2. The maximum Gasteiger partial charge on any atom is 0.305 e. The van der Waals surface area contributed by atoms with Crippen LogP contribution in [0.2, 0.25) is 0 Å². The number of hydrogen-bond donors (Lipinski definition) is 0. The Morgan fingerprint density at radius 3 is 1.82 bits per heavy atom. The molecule has 0 saturated carbocycles. The SMILES string of the molecule is CCCCCCCC(=O)N(CCCN(C)C)C(CCCCCC(=O)OC)CCCCCC(=O)OCC(C)CC. The molecule has 7 nitrogen and oxygen atoms in total. The highest BCUT2D eigenvalue weighted by Gasteiger charge is 2.23. The summed E-state index contributed by atoms with van der Waals surface area (Å²) < 4.78 is 10.2. The van der Waals surface area contributed by atoms with Crippen LogP contribution in [-0.2, 0) is 23.9 Å². The van der Waals surface area contributed by atoms with E-state index in [0.717, 1.165) is 90.1 Å². The predicted molar refractivity (Wildman–Crippen MR) is 161 cm³/mol. The van der Waals surface area contributed by atoms with Crippen molar-refractivity contribution >= 4 is 17.8 Å². The topological polar surface area (TPSA) is 76.2 Å². The van der Waals surface area contributed by atoms with Crippen molar-refractivity contribution in [2.24, 2.45) is 5.92 Å². The fourth-order valence-corrected chi connectivity index (χ4v) is 4.73. The Bertz CT molecular complexity index is 626. The quantitative estimate of drug-likeness (QED) is 0.0834. The van der Waals surface area contributed by atoms with E-state index in [0.29, 0.717) is 37.7 Å². The number of esters is 2. The second-order valence-corrected chi connectivity index (χ2v) is 11.5. The van der Waals surface area contributed by atoms with Gasteiger partial charge in [-0.1, -0.05) is 78.6 Å². The first-order chi connectivity index (χ1) is 18.7. The fraction of sp³-hybridized carbons (Fsp3) is 0.906. The van der Waals surface area contributed by atoms with Gasteiger partial charge in [-0.25, -0.2) is 0 Å². The lowest BCUT2D eigenvalue weighted by atomic mass is 9.98. The minimum atomic E-state index is -0.155. The van der Waals surface area contributed by atoms with Crippen LogP contribution < -0.4 is 0 Å². The van der Waals surface area contributed by atoms with Crippen LogP contribution in [0.5, 0.6) is 0 Å². The number of carbonyl (C=O) groups is 3. The van der Waals surface area contributed by atoms with Gasteiger partial charge in [0.1, 0.15) is 0 Å². The van der Waals surface area contributed by atoms with Crippen LogP contribution in [0.1, 0.15) is 136 Å². The highest BCUT2D eigenvalue weighted by atomic mass is 16.5. The zero-order chi connectivity index (χ0) is 29.3. The molecule has 0 aliphatic heterocycles. The minimum absolute atomic E-state index is 0.0963. The smallest absolute Gasteiger partial charge is 0.305 e. The lowest BCUT2D eigenvalue weighted by molar-refractivity contribution is -0.145. The number of nitrogens with zero attached hydrogens (tertiary/aromatic N) is 2. The van der Waals surface area contributed by atoms with Crippen molar-refractivity contribution in [2.75, 3.05) is 40.9 Å². The van der Waals surface area contributed by atoms with Crippen LogP contribution in [0.25, 0.3) is 0 Å². The van der Waals surface area contributed by atoms with Crippen LogP contribution in [0, 0.1) is 5.92 Å². The molecule has 1 amide bonds. The van der Waals surface area contributed by atoms with Crippen LogP contribution in [0.4, 0.5) is 0 Å². The number of unbranched alkanes of at least 4 members (excludes halogenated alkanes) is 8. The largest absolute Gasteiger partial charge is 0.469 e. The van der Waals surface area contributed by atoms with E-state index in [1.165, 1.54) is 26.4 Å². The molecule has 0 aliphatic rings. The van der Waals surface area contributed by atoms with Gasteiger partial charge in [0.2, 0.25) is 5.91 Å². The third kappa shape index (κ3) is 21.8. The molecule has 2 atom stereocenters. The minimum Gasteiger partial charge on any atom is -0.469 e. The van der Waals surface area contributed by atoms with E-state index in [2.05, 4.69) is 44.7 Å². The summed E-state index contributed by atoms with van der Waals surface area (Å²) in [6.07, 6.45) is 16.8. The molecule has 2 unspecified atom stereocenters. The molecule has 0 bridgehead atoms. The van der Waals surface area contributed by atoms with Crippen LogP contribution in [0.3, 0.4) is 0 Å². The first-order valence-corrected chi connectivity index (χ1v) is 15.9. The normalized spacial score (nSPS) is 12.8. The summed E-state index contributed by atoms with van der Waals surface area (Å²) in [4.78, 5) is 41.3. The third-order valence-electron chi connectivity index (χ3n) is 7.55. The summed E-state index contributed by atoms with van der Waals surface area (Å²) in [5.41, 5.74) is 0. The zero-order valence-electron chi connectivity index (χ0n) is 26.4. The molecule has 0 heterocycles. The molecular weight excluding hydrogens is 492 g/mol. The number of amides is 1. The Morgan fingerprint density at radius 2 is 1.26 bits per heavy atom. The number of methoxy groups -OCH3 is 1. The number of rotatable bonds is 26. The molecular formula is C32H62N2O5. The molecule has 0 saturated heterocycles. The molecule has 0 aromatic rings. The summed E-state index contributed by atoms with van der Waals surface area (Å²) in [5, 5.41) is 0. The number of hydrogen-bond acceptors (Lipinski definition) is 6. The molecule has 0 aliphatic carbocycles. The van der Waals surface area contributed by atoms with Gasteiger partial charge < -0.3 is 19.3 Å². The van der Waals surface area contributed by atoms with Gasteiger partial charge in [0.05, 0.1) is 13.7 Å². The van der Waals surface area contributed by atoms with E-state index in [1.807, 2.05) is 0 Å². The maximum absolute atomic E-state index is 13.4. The molecule has 0 N–H and O–H groups in total. The Labute approximate surface area is 240 Å². The highest BCUT2D eigenvalue weighted by Crippen LogP contribution is 2.21. The fourth-order valence-electron chi connectivity index (χ4n) is 4.73. The van der Waals surface area contributed by atoms with Crippen molar-refractivity contribution in [2.45, 2.75) is 142 Å². The Hall–Kier alpha value is -1.63. The lowest BCUT2D eigenvalue weighted by Gasteiger charge is -2.33. The van der Waals surface area contributed by atoms with Gasteiger partial charge in [-0.3, -0.25) is 14.4 Å². The van der Waals surface area contributed by atoms with Crippen molar-refractivity contribution in [1.29, 1.82) is 0 Å². The van der Waals surface area contributed by atoms with E-state index < -0.39 is 0 Å². The predicted octanol–water partition coefficient (Wildman–Crippen LogP) is 7.16. The summed E-state index contributed by atoms with van der Waals surface area (Å²) in [6.45, 7) is 8.68. The average molecular weight is 555 g/mol. The van der Waals surface area contributed by atoms with E-state index in [4.69, 9.17) is 9.47 Å². The lowest BCUT2D eigenvalue weighted by Crippen LogP contribution is -2.41. The average Bonchev–Trinajstić information content (AvgIpc) is 2.92. The monoisotopic (exact) mass is 554 g/mol. The summed E-state index contributed by atoms with van der Waals surface area (Å²) in [5.74, 6) is 0.447. The van der Waals surface area contributed by atoms with Crippen molar-refractivity contribution in [3.63, 3.8) is 0 Å². The molecule has 0 rings (SSSR count). The summed E-state index contributed by atoms with van der Waals surface area (Å²) in [6, 6.07) is 0.214. The molecule has 7 heteroatoms. The zero-order valence-corrected chi connectivity index (χ0v) is 26.4. The Morgan fingerprint density at radius 1 is 0.692 bits per heavy atom. The maximum atomic E-state index is 13.4. The molecule has 0 radical (unpaired) electrons. The van der Waals surface area contributed by atoms with Crippen molar-refractivity contribution in [3.05, 3.63) is 0 Å². The van der Waals surface area contributed by atoms with E-state index >= 15 is 0 Å². The van der Waals surface area contributed by atoms with Gasteiger partial charge in [0, 0.05) is 31.8 Å². The van der Waals surface area contributed by atoms with Crippen LogP contribution in [-0.4, -0.2) is 74.6 Å². The van der Waals surface area contributed by atoms with Crippen LogP contribution in [0.15, 0.2) is 0 Å². The molecule has 39 heavy (non-hydrogen) atoms. The van der Waals surface area contributed by atoms with Gasteiger partial charge in [0.25, 0.3) is 0 Å². The molecule has 0 aromatic carbocycles. The van der Waals surface area contributed by atoms with Gasteiger partial charge in [-0.2, -0.15) is 0 Å². The van der Waals surface area contributed by atoms with Gasteiger partial charge in [-0.15, -0.1) is 0 Å². The molecule has 0 aromatic heterocycles. The van der Waals surface area contributed by atoms with Gasteiger partial charge in [0.15, 0.2) is 0 Å². The first-order valence-electron chi connectivity index (χ1n) is 15.9. The van der Waals surface area contributed by atoms with E-state index in [-0.39, 0.29) is 18.0 Å². The summed E-state index contributed by atoms with van der Waals surface area (Å²) in [7, 11) is 5.59. The number of carbonyl (C=O) groups excluding carboxylic acids is 3. The third-order valence-corrected chi connectivity index (χ3v) is 7.55. The highest BCUT2D eigenvalue weighted by molar-refractivity contribution is 5.76. The Kier molecular flexibility index (Phi) is 24.3. The Balaban J connectivity index is 5.01.